The van der Waals surface area contributed by atoms with Crippen molar-refractivity contribution in [3.05, 3.63) is 29.8 Å². The van der Waals surface area contributed by atoms with Crippen molar-refractivity contribution in [1.29, 1.82) is 0 Å². The third-order valence-corrected chi connectivity index (χ3v) is 5.42. The highest BCUT2D eigenvalue weighted by atomic mass is 32.2. The molecular weight excluding hydrogens is 410 g/mol. The van der Waals surface area contributed by atoms with Gasteiger partial charge in [-0.1, -0.05) is 34.6 Å². The first-order chi connectivity index (χ1) is 13.2. The molecule has 0 aliphatic carbocycles. The van der Waals surface area contributed by atoms with Crippen LogP contribution in [0.15, 0.2) is 34.3 Å². The van der Waals surface area contributed by atoms with Crippen LogP contribution in [-0.2, 0) is 38.2 Å². The topological polar surface area (TPSA) is 118 Å². The van der Waals surface area contributed by atoms with Crippen LogP contribution in [0.2, 0.25) is 0 Å². The predicted molar refractivity (Wildman–Crippen MR) is 103 cm³/mol. The number of hydrogen-bond acceptors (Lipinski definition) is 10. The molecule has 0 aliphatic rings. The predicted octanol–water partition coefficient (Wildman–Crippen LogP) is 1.89. The summed E-state index contributed by atoms with van der Waals surface area (Å²) in [5, 5.41) is 2.92. The van der Waals surface area contributed by atoms with Crippen LogP contribution in [0.4, 0.5) is 0 Å². The van der Waals surface area contributed by atoms with Gasteiger partial charge in [0.1, 0.15) is 4.90 Å². The number of esters is 2. The van der Waals surface area contributed by atoms with E-state index >= 15 is 0 Å². The lowest BCUT2D eigenvalue weighted by atomic mass is 10.2. The van der Waals surface area contributed by atoms with Crippen molar-refractivity contribution in [3.63, 3.8) is 0 Å². The summed E-state index contributed by atoms with van der Waals surface area (Å²) in [6, 6.07) is 5.89. The number of benzene rings is 1. The molecule has 11 heteroatoms. The van der Waals surface area contributed by atoms with E-state index in [1.807, 2.05) is 6.92 Å². The number of thioether (sulfide) groups is 1. The van der Waals surface area contributed by atoms with Crippen LogP contribution in [0.5, 0.6) is 0 Å². The molecule has 1 atom stereocenters. The van der Waals surface area contributed by atoms with Crippen molar-refractivity contribution in [3.8, 4) is 0 Å². The molecule has 0 N–H and O–H groups in total. The summed E-state index contributed by atoms with van der Waals surface area (Å²) >= 11 is 0.645. The minimum absolute atomic E-state index is 0.0620. The molecule has 0 bridgehead atoms. The molecule has 0 saturated carbocycles. The number of rotatable bonds is 9. The molecule has 0 saturated heterocycles. The third-order valence-electron chi connectivity index (χ3n) is 3.40. The second-order valence-electron chi connectivity index (χ2n) is 5.57. The Morgan fingerprint density at radius 3 is 2.39 bits per heavy atom. The van der Waals surface area contributed by atoms with E-state index in [1.54, 1.807) is 26.2 Å². The maximum absolute atomic E-state index is 12.1. The number of carbonyl (C=O) groups is 2. The fourth-order valence-electron chi connectivity index (χ4n) is 1.67. The van der Waals surface area contributed by atoms with Gasteiger partial charge in [0.05, 0.1) is 25.6 Å². The first-order valence-corrected chi connectivity index (χ1v) is 10.6. The lowest BCUT2D eigenvalue weighted by Gasteiger charge is -2.09. The number of methoxy groups -OCH3 is 2. The standard InChI is InChI=1S/C17H23NO8S2/c1-12-5-7-14(8-6-12)28(21,22)26-18-16(17(20)24-4)27-11-15(19)25-10-9-13(2)23-3/h5-8,13H,9-11H2,1-4H3/b18-16-. The Morgan fingerprint density at radius 2 is 1.82 bits per heavy atom. The molecule has 9 nitrogen and oxygen atoms in total. The fraction of sp³-hybridized carbons (Fsp3) is 0.471. The SMILES string of the molecule is COC(=O)/C(=N/OS(=O)(=O)c1ccc(C)cc1)SCC(=O)OCCC(C)OC. The van der Waals surface area contributed by atoms with Crippen LogP contribution in [0.3, 0.4) is 0 Å². The highest BCUT2D eigenvalue weighted by Crippen LogP contribution is 2.15. The van der Waals surface area contributed by atoms with Gasteiger partial charge in [-0.2, -0.15) is 8.42 Å². The second kappa shape index (κ2) is 11.7. The van der Waals surface area contributed by atoms with Gasteiger partial charge in [0.15, 0.2) is 0 Å². The molecule has 0 heterocycles. The van der Waals surface area contributed by atoms with Crippen molar-refractivity contribution in [2.75, 3.05) is 26.6 Å². The fourth-order valence-corrected chi connectivity index (χ4v) is 3.07. The van der Waals surface area contributed by atoms with Crippen LogP contribution in [-0.4, -0.2) is 58.1 Å². The Morgan fingerprint density at radius 1 is 1.18 bits per heavy atom. The lowest BCUT2D eigenvalue weighted by Crippen LogP contribution is -2.18. The summed E-state index contributed by atoms with van der Waals surface area (Å²) in [7, 11) is -1.58. The molecule has 1 aromatic rings. The Labute approximate surface area is 168 Å². The summed E-state index contributed by atoms with van der Waals surface area (Å²) < 4.78 is 43.4. The largest absolute Gasteiger partial charge is 0.465 e. The summed E-state index contributed by atoms with van der Waals surface area (Å²) in [6.45, 7) is 3.78. The van der Waals surface area contributed by atoms with Gasteiger partial charge in [-0.05, 0) is 26.0 Å². The maximum atomic E-state index is 12.1. The molecule has 0 radical (unpaired) electrons. The molecule has 1 unspecified atom stereocenters. The van der Waals surface area contributed by atoms with Gasteiger partial charge in [0.2, 0.25) is 5.04 Å². The van der Waals surface area contributed by atoms with E-state index in [2.05, 4.69) is 14.2 Å². The van der Waals surface area contributed by atoms with E-state index in [4.69, 9.17) is 9.47 Å². The van der Waals surface area contributed by atoms with Gasteiger partial charge in [0, 0.05) is 13.5 Å². The first-order valence-electron chi connectivity index (χ1n) is 8.17. The van der Waals surface area contributed by atoms with Crippen molar-refractivity contribution in [1.82, 2.24) is 0 Å². The van der Waals surface area contributed by atoms with Crippen LogP contribution in [0, 0.1) is 6.92 Å². The van der Waals surface area contributed by atoms with Crippen molar-refractivity contribution >= 4 is 38.9 Å². The number of ether oxygens (including phenoxy) is 3. The number of hydrogen-bond donors (Lipinski definition) is 0. The highest BCUT2D eigenvalue weighted by molar-refractivity contribution is 8.16. The van der Waals surface area contributed by atoms with Crippen LogP contribution < -0.4 is 0 Å². The van der Waals surface area contributed by atoms with Gasteiger partial charge in [-0.15, -0.1) is 0 Å². The Hall–Kier alpha value is -2.11. The molecule has 0 aliphatic heterocycles. The Balaban J connectivity index is 2.70. The zero-order valence-electron chi connectivity index (χ0n) is 16.0. The average Bonchev–Trinajstić information content (AvgIpc) is 2.67. The van der Waals surface area contributed by atoms with Crippen molar-refractivity contribution in [2.45, 2.75) is 31.3 Å². The van der Waals surface area contributed by atoms with Gasteiger partial charge in [0.25, 0.3) is 0 Å². The molecule has 0 amide bonds. The Kier molecular flexibility index (Phi) is 9.97. The molecular formula is C17H23NO8S2. The summed E-state index contributed by atoms with van der Waals surface area (Å²) in [5.74, 6) is -1.82. The van der Waals surface area contributed by atoms with E-state index in [0.717, 1.165) is 12.7 Å². The summed E-state index contributed by atoms with van der Waals surface area (Å²) in [5.41, 5.74) is 0.867. The van der Waals surface area contributed by atoms with E-state index in [9.17, 15) is 18.0 Å². The smallest absolute Gasteiger partial charge is 0.366 e. The normalized spacial score (nSPS) is 12.9. The maximum Gasteiger partial charge on any atom is 0.366 e. The molecule has 28 heavy (non-hydrogen) atoms. The van der Waals surface area contributed by atoms with E-state index < -0.39 is 27.1 Å². The Bertz CT molecular complexity index is 790. The number of oxime groups is 1. The molecule has 0 aromatic heterocycles. The van der Waals surface area contributed by atoms with Gasteiger partial charge < -0.3 is 14.2 Å². The highest BCUT2D eigenvalue weighted by Gasteiger charge is 2.21. The number of carbonyl (C=O) groups excluding carboxylic acids is 2. The molecule has 156 valence electrons. The number of nitrogens with zero attached hydrogens (tertiary/aromatic N) is 1. The van der Waals surface area contributed by atoms with E-state index in [-0.39, 0.29) is 23.4 Å². The second-order valence-corrected chi connectivity index (χ2v) is 8.07. The third kappa shape index (κ3) is 8.28. The van der Waals surface area contributed by atoms with Crippen molar-refractivity contribution < 1.29 is 36.5 Å². The lowest BCUT2D eigenvalue weighted by molar-refractivity contribution is -0.141. The van der Waals surface area contributed by atoms with Crippen LogP contribution in [0.25, 0.3) is 0 Å². The monoisotopic (exact) mass is 433 g/mol. The molecule has 1 aromatic carbocycles. The van der Waals surface area contributed by atoms with E-state index in [0.29, 0.717) is 18.2 Å². The average molecular weight is 434 g/mol. The van der Waals surface area contributed by atoms with Gasteiger partial charge in [-0.3, -0.25) is 9.08 Å². The zero-order valence-corrected chi connectivity index (χ0v) is 17.7. The molecule has 0 spiro atoms. The quantitative estimate of drug-likeness (QED) is 0.249. The molecule has 0 fully saturated rings. The van der Waals surface area contributed by atoms with Crippen LogP contribution >= 0.6 is 11.8 Å². The minimum atomic E-state index is -4.22. The van der Waals surface area contributed by atoms with Crippen LogP contribution in [0.1, 0.15) is 18.9 Å². The number of aryl methyl sites for hydroxylation is 1. The van der Waals surface area contributed by atoms with E-state index in [1.165, 1.54) is 12.1 Å². The molecule has 1 rings (SSSR count). The van der Waals surface area contributed by atoms with Crippen molar-refractivity contribution in [2.24, 2.45) is 5.16 Å². The first kappa shape index (κ1) is 23.9. The minimum Gasteiger partial charge on any atom is -0.465 e. The summed E-state index contributed by atoms with van der Waals surface area (Å²) in [4.78, 5) is 23.4. The summed E-state index contributed by atoms with van der Waals surface area (Å²) in [6.07, 6.45) is 0.455. The zero-order chi connectivity index (χ0) is 21.2. The van der Waals surface area contributed by atoms with Gasteiger partial charge in [-0.25, -0.2) is 4.79 Å². The van der Waals surface area contributed by atoms with Gasteiger partial charge >= 0.3 is 22.1 Å².